The molecule has 1 unspecified atom stereocenters. The molecular formula is C11H16N2. The van der Waals surface area contributed by atoms with E-state index in [1.165, 1.54) is 24.1 Å². The molecular weight excluding hydrogens is 160 g/mol. The fourth-order valence-corrected chi connectivity index (χ4v) is 2.16. The molecule has 2 nitrogen and oxygen atoms in total. The summed E-state index contributed by atoms with van der Waals surface area (Å²) in [5.41, 5.74) is 2.78. The molecule has 0 fully saturated rings. The predicted molar refractivity (Wildman–Crippen MR) is 53.8 cm³/mol. The number of pyridine rings is 1. The summed E-state index contributed by atoms with van der Waals surface area (Å²) in [4.78, 5) is 4.42. The second kappa shape index (κ2) is 3.88. The van der Waals surface area contributed by atoms with E-state index in [4.69, 9.17) is 0 Å². The van der Waals surface area contributed by atoms with E-state index in [0.717, 1.165) is 13.0 Å². The molecule has 13 heavy (non-hydrogen) atoms. The molecule has 0 saturated heterocycles. The van der Waals surface area contributed by atoms with Crippen molar-refractivity contribution in [2.24, 2.45) is 0 Å². The predicted octanol–water partition coefficient (Wildman–Crippen LogP) is 1.72. The van der Waals surface area contributed by atoms with Gasteiger partial charge < -0.3 is 5.32 Å². The molecule has 2 rings (SSSR count). The van der Waals surface area contributed by atoms with Crippen molar-refractivity contribution in [1.29, 1.82) is 0 Å². The van der Waals surface area contributed by atoms with E-state index >= 15 is 0 Å². The minimum atomic E-state index is 0.683. The van der Waals surface area contributed by atoms with Crippen LogP contribution in [0.3, 0.4) is 0 Å². The molecule has 2 heteroatoms. The average molecular weight is 176 g/mol. The lowest BCUT2D eigenvalue weighted by molar-refractivity contribution is 0.521. The fourth-order valence-electron chi connectivity index (χ4n) is 2.16. The van der Waals surface area contributed by atoms with Crippen LogP contribution < -0.4 is 5.32 Å². The first-order valence-electron chi connectivity index (χ1n) is 5.00. The third-order valence-electron chi connectivity index (χ3n) is 2.78. The normalized spacial score (nSPS) is 21.2. The maximum atomic E-state index is 4.42. The number of nitrogens with one attached hydrogen (secondary N) is 1. The van der Waals surface area contributed by atoms with Gasteiger partial charge in [0, 0.05) is 18.4 Å². The number of nitrogens with zero attached hydrogens (tertiary/aromatic N) is 1. The zero-order valence-corrected chi connectivity index (χ0v) is 8.09. The average Bonchev–Trinajstić information content (AvgIpc) is 2.19. The quantitative estimate of drug-likeness (QED) is 0.742. The molecule has 0 aliphatic heterocycles. The Morgan fingerprint density at radius 1 is 1.62 bits per heavy atom. The van der Waals surface area contributed by atoms with Crippen molar-refractivity contribution in [2.45, 2.75) is 25.2 Å². The zero-order chi connectivity index (χ0) is 9.10. The lowest BCUT2D eigenvalue weighted by atomic mass is 9.86. The molecule has 0 amide bonds. The molecule has 1 aromatic rings. The summed E-state index contributed by atoms with van der Waals surface area (Å²) in [6, 6.07) is 4.27. The van der Waals surface area contributed by atoms with E-state index in [1.807, 2.05) is 19.3 Å². The number of aromatic nitrogens is 1. The van der Waals surface area contributed by atoms with Gasteiger partial charge in [-0.25, -0.2) is 0 Å². The highest BCUT2D eigenvalue weighted by Crippen LogP contribution is 2.29. The second-order valence-electron chi connectivity index (χ2n) is 3.69. The molecule has 0 spiro atoms. The smallest absolute Gasteiger partial charge is 0.0438 e. The summed E-state index contributed by atoms with van der Waals surface area (Å²) in [7, 11) is 2.02. The molecule has 0 saturated carbocycles. The van der Waals surface area contributed by atoms with Gasteiger partial charge in [-0.15, -0.1) is 0 Å². The van der Waals surface area contributed by atoms with E-state index in [9.17, 15) is 0 Å². The van der Waals surface area contributed by atoms with E-state index in [0.29, 0.717) is 5.92 Å². The SMILES string of the molecule is CNCC1CCCc2ncccc21. The van der Waals surface area contributed by atoms with Gasteiger partial charge in [0.1, 0.15) is 0 Å². The third-order valence-corrected chi connectivity index (χ3v) is 2.78. The second-order valence-corrected chi connectivity index (χ2v) is 3.69. The molecule has 0 bridgehead atoms. The Balaban J connectivity index is 2.26. The van der Waals surface area contributed by atoms with Crippen LogP contribution in [0.25, 0.3) is 0 Å². The van der Waals surface area contributed by atoms with Crippen molar-refractivity contribution < 1.29 is 0 Å². The van der Waals surface area contributed by atoms with Crippen molar-refractivity contribution in [1.82, 2.24) is 10.3 Å². The first-order valence-corrected chi connectivity index (χ1v) is 5.00. The molecule has 1 atom stereocenters. The Labute approximate surface area is 79.4 Å². The van der Waals surface area contributed by atoms with Crippen LogP contribution in [0.2, 0.25) is 0 Å². The molecule has 1 heterocycles. The van der Waals surface area contributed by atoms with Crippen LogP contribution in [-0.2, 0) is 6.42 Å². The Kier molecular flexibility index (Phi) is 2.60. The lowest BCUT2D eigenvalue weighted by Crippen LogP contribution is -2.21. The number of hydrogen-bond donors (Lipinski definition) is 1. The van der Waals surface area contributed by atoms with Crippen molar-refractivity contribution in [3.05, 3.63) is 29.6 Å². The number of hydrogen-bond acceptors (Lipinski definition) is 2. The van der Waals surface area contributed by atoms with Crippen molar-refractivity contribution in [3.63, 3.8) is 0 Å². The highest BCUT2D eigenvalue weighted by molar-refractivity contribution is 5.26. The minimum Gasteiger partial charge on any atom is -0.319 e. The first-order chi connectivity index (χ1) is 6.42. The molecule has 0 radical (unpaired) electrons. The maximum absolute atomic E-state index is 4.42. The van der Waals surface area contributed by atoms with Crippen molar-refractivity contribution in [3.8, 4) is 0 Å². The van der Waals surface area contributed by atoms with E-state index in [1.54, 1.807) is 0 Å². The Morgan fingerprint density at radius 3 is 3.38 bits per heavy atom. The van der Waals surface area contributed by atoms with Gasteiger partial charge in [0.25, 0.3) is 0 Å². The van der Waals surface area contributed by atoms with Gasteiger partial charge in [-0.1, -0.05) is 6.07 Å². The van der Waals surface area contributed by atoms with Gasteiger partial charge in [0.2, 0.25) is 0 Å². The highest BCUT2D eigenvalue weighted by Gasteiger charge is 2.19. The Hall–Kier alpha value is -0.890. The van der Waals surface area contributed by atoms with Gasteiger partial charge in [-0.05, 0) is 43.9 Å². The Morgan fingerprint density at radius 2 is 2.54 bits per heavy atom. The minimum absolute atomic E-state index is 0.683. The molecule has 1 N–H and O–H groups in total. The molecule has 70 valence electrons. The summed E-state index contributed by atoms with van der Waals surface area (Å²) in [5, 5.41) is 3.25. The van der Waals surface area contributed by atoms with Crippen LogP contribution >= 0.6 is 0 Å². The van der Waals surface area contributed by atoms with Gasteiger partial charge in [-0.2, -0.15) is 0 Å². The number of aryl methyl sites for hydroxylation is 1. The largest absolute Gasteiger partial charge is 0.319 e. The molecule has 1 aliphatic rings. The van der Waals surface area contributed by atoms with Crippen molar-refractivity contribution in [2.75, 3.05) is 13.6 Å². The van der Waals surface area contributed by atoms with Crippen LogP contribution in [0.1, 0.15) is 30.0 Å². The molecule has 1 aromatic heterocycles. The zero-order valence-electron chi connectivity index (χ0n) is 8.09. The van der Waals surface area contributed by atoms with E-state index < -0.39 is 0 Å². The fraction of sp³-hybridized carbons (Fsp3) is 0.545. The summed E-state index contributed by atoms with van der Waals surface area (Å²) >= 11 is 0. The van der Waals surface area contributed by atoms with Crippen LogP contribution in [0.4, 0.5) is 0 Å². The van der Waals surface area contributed by atoms with Crippen LogP contribution in [-0.4, -0.2) is 18.6 Å². The van der Waals surface area contributed by atoms with E-state index in [-0.39, 0.29) is 0 Å². The monoisotopic (exact) mass is 176 g/mol. The highest BCUT2D eigenvalue weighted by atomic mass is 14.8. The number of rotatable bonds is 2. The summed E-state index contributed by atoms with van der Waals surface area (Å²) in [6.07, 6.45) is 5.66. The van der Waals surface area contributed by atoms with Gasteiger partial charge in [-0.3, -0.25) is 4.98 Å². The first kappa shape index (κ1) is 8.70. The molecule has 1 aliphatic carbocycles. The summed E-state index contributed by atoms with van der Waals surface area (Å²) in [6.45, 7) is 1.08. The summed E-state index contributed by atoms with van der Waals surface area (Å²) < 4.78 is 0. The van der Waals surface area contributed by atoms with Crippen molar-refractivity contribution >= 4 is 0 Å². The molecule has 0 aromatic carbocycles. The third kappa shape index (κ3) is 1.73. The topological polar surface area (TPSA) is 24.9 Å². The lowest BCUT2D eigenvalue weighted by Gasteiger charge is -2.24. The van der Waals surface area contributed by atoms with Crippen LogP contribution in [0.5, 0.6) is 0 Å². The Bertz CT molecular complexity index is 283. The maximum Gasteiger partial charge on any atom is 0.0438 e. The van der Waals surface area contributed by atoms with Crippen LogP contribution in [0, 0.1) is 0 Å². The summed E-state index contributed by atoms with van der Waals surface area (Å²) in [5.74, 6) is 0.683. The van der Waals surface area contributed by atoms with E-state index in [2.05, 4.69) is 16.4 Å². The number of fused-ring (bicyclic) bond motifs is 1. The van der Waals surface area contributed by atoms with Gasteiger partial charge in [0.05, 0.1) is 0 Å². The van der Waals surface area contributed by atoms with Gasteiger partial charge in [0.15, 0.2) is 0 Å². The van der Waals surface area contributed by atoms with Gasteiger partial charge >= 0.3 is 0 Å². The standard InChI is InChI=1S/C11H16N2/c1-12-8-9-4-2-6-11-10(9)5-3-7-13-11/h3,5,7,9,12H,2,4,6,8H2,1H3. The number of likely N-dealkylation sites (N-methyl/N-ethyl adjacent to an activating group) is 1. The van der Waals surface area contributed by atoms with Crippen LogP contribution in [0.15, 0.2) is 18.3 Å².